The monoisotopic (exact) mass is 506 g/mol. The summed E-state index contributed by atoms with van der Waals surface area (Å²) in [5.74, 6) is 0.336. The van der Waals surface area contributed by atoms with E-state index in [9.17, 15) is 4.79 Å². The van der Waals surface area contributed by atoms with Crippen LogP contribution in [0.25, 0.3) is 23.0 Å². The molecule has 37 heavy (non-hydrogen) atoms. The van der Waals surface area contributed by atoms with Crippen LogP contribution in [0.15, 0.2) is 16.7 Å². The first kappa shape index (κ1) is 25.6. The number of nitrogens with zero attached hydrogens (tertiary/aromatic N) is 6. The fraction of sp³-hybridized carbons (Fsp3) is 0.571. The highest BCUT2D eigenvalue weighted by Crippen LogP contribution is 2.38. The molecule has 1 fully saturated rings. The number of hydrogen-bond acceptors (Lipinski definition) is 7. The highest BCUT2D eigenvalue weighted by molar-refractivity contribution is 5.69. The Morgan fingerprint density at radius 3 is 2.46 bits per heavy atom. The van der Waals surface area contributed by atoms with Crippen molar-refractivity contribution in [3.05, 3.63) is 40.1 Å². The molecule has 0 spiro atoms. The maximum absolute atomic E-state index is 10.9. The van der Waals surface area contributed by atoms with E-state index in [2.05, 4.69) is 49.9 Å². The molecule has 2 aromatic heterocycles. The number of carbonyl (C=O) groups is 1. The molecule has 9 heteroatoms. The van der Waals surface area contributed by atoms with Crippen LogP contribution < -0.4 is 0 Å². The molecule has 3 aromatic rings. The van der Waals surface area contributed by atoms with Gasteiger partial charge in [0.2, 0.25) is 5.82 Å². The second-order valence-corrected chi connectivity index (χ2v) is 11.5. The zero-order chi connectivity index (χ0) is 26.3. The number of piperazine rings is 1. The van der Waals surface area contributed by atoms with Crippen LogP contribution in [0.2, 0.25) is 0 Å². The number of hydrogen-bond donors (Lipinski definition) is 1. The van der Waals surface area contributed by atoms with Crippen LogP contribution >= 0.6 is 0 Å². The summed E-state index contributed by atoms with van der Waals surface area (Å²) in [5, 5.41) is 18.1. The molecule has 1 aliphatic heterocycles. The van der Waals surface area contributed by atoms with Gasteiger partial charge in [-0.15, -0.1) is 0 Å². The minimum atomic E-state index is -0.753. The van der Waals surface area contributed by atoms with Crippen molar-refractivity contribution >= 4 is 5.97 Å². The summed E-state index contributed by atoms with van der Waals surface area (Å²) in [6, 6.07) is 4.30. The van der Waals surface area contributed by atoms with Gasteiger partial charge in [0, 0.05) is 56.6 Å². The van der Waals surface area contributed by atoms with Crippen molar-refractivity contribution in [3.63, 3.8) is 0 Å². The van der Waals surface area contributed by atoms with Gasteiger partial charge in [-0.1, -0.05) is 19.0 Å². The number of rotatable bonds is 7. The summed E-state index contributed by atoms with van der Waals surface area (Å²) in [5.41, 5.74) is 8.37. The van der Waals surface area contributed by atoms with Crippen molar-refractivity contribution in [3.8, 4) is 23.0 Å². The van der Waals surface area contributed by atoms with E-state index in [1.54, 1.807) is 0 Å². The van der Waals surface area contributed by atoms with E-state index in [-0.39, 0.29) is 12.0 Å². The lowest BCUT2D eigenvalue weighted by Gasteiger charge is -2.34. The van der Waals surface area contributed by atoms with Crippen molar-refractivity contribution in [2.75, 3.05) is 39.3 Å². The van der Waals surface area contributed by atoms with Gasteiger partial charge in [-0.25, -0.2) is 0 Å². The van der Waals surface area contributed by atoms with Crippen LogP contribution in [0.3, 0.4) is 0 Å². The Labute approximate surface area is 218 Å². The fourth-order valence-corrected chi connectivity index (χ4v) is 5.85. The number of aromatic nitrogens is 4. The van der Waals surface area contributed by atoms with Crippen LogP contribution in [0.5, 0.6) is 0 Å². The predicted octanol–water partition coefficient (Wildman–Crippen LogP) is 3.51. The zero-order valence-corrected chi connectivity index (χ0v) is 22.7. The summed E-state index contributed by atoms with van der Waals surface area (Å²) in [4.78, 5) is 20.1. The molecule has 1 saturated heterocycles. The van der Waals surface area contributed by atoms with Gasteiger partial charge in [-0.2, -0.15) is 10.1 Å². The molecule has 3 heterocycles. The smallest absolute Gasteiger partial charge is 0.317 e. The first-order valence-corrected chi connectivity index (χ1v) is 13.3. The van der Waals surface area contributed by atoms with Crippen molar-refractivity contribution in [2.24, 2.45) is 12.5 Å². The Morgan fingerprint density at radius 1 is 1.11 bits per heavy atom. The maximum Gasteiger partial charge on any atom is 0.317 e. The van der Waals surface area contributed by atoms with Gasteiger partial charge >= 0.3 is 5.97 Å². The number of aryl methyl sites for hydroxylation is 3. The number of carboxylic acids is 1. The minimum Gasteiger partial charge on any atom is -0.480 e. The molecular formula is C28H38N6O3. The minimum absolute atomic E-state index is 0.131. The normalized spacial score (nSPS) is 18.2. The van der Waals surface area contributed by atoms with E-state index in [1.165, 1.54) is 27.9 Å². The van der Waals surface area contributed by atoms with Crippen LogP contribution in [0, 0.1) is 19.3 Å². The Bertz CT molecular complexity index is 1280. The molecule has 1 aliphatic carbocycles. The molecule has 0 atom stereocenters. The quantitative estimate of drug-likeness (QED) is 0.520. The molecule has 2 aliphatic rings. The van der Waals surface area contributed by atoms with Gasteiger partial charge in [-0.3, -0.25) is 14.4 Å². The number of aliphatic carboxylic acids is 1. The lowest BCUT2D eigenvalue weighted by molar-refractivity contribution is -0.138. The number of carboxylic acid groups (broad SMARTS) is 1. The average Bonchev–Trinajstić information content (AvgIpc) is 3.43. The summed E-state index contributed by atoms with van der Waals surface area (Å²) in [6.45, 7) is 13.4. The van der Waals surface area contributed by atoms with Crippen molar-refractivity contribution in [1.82, 2.24) is 29.7 Å². The number of fused-ring (bicyclic) bond motifs is 1. The van der Waals surface area contributed by atoms with Crippen molar-refractivity contribution in [2.45, 2.75) is 53.4 Å². The largest absolute Gasteiger partial charge is 0.480 e. The molecule has 0 saturated carbocycles. The Kier molecular flexibility index (Phi) is 6.93. The first-order chi connectivity index (χ1) is 17.6. The standard InChI is InChI=1S/C28H38N6O3/c1-18-14-20(15-19(2)21(18)7-9-33-10-12-34(13-11-33)17-24(35)36)26-29-27(37-31-26)25-22-6-8-28(3,4)16-23(22)32(5)30-25/h14-15H,6-13,16-17H2,1-5H3,(H,35,36). The lowest BCUT2D eigenvalue weighted by atomic mass is 9.76. The molecule has 1 N–H and O–H groups in total. The van der Waals surface area contributed by atoms with Crippen molar-refractivity contribution in [1.29, 1.82) is 0 Å². The maximum atomic E-state index is 10.9. The predicted molar refractivity (Wildman–Crippen MR) is 141 cm³/mol. The highest BCUT2D eigenvalue weighted by Gasteiger charge is 2.32. The summed E-state index contributed by atoms with van der Waals surface area (Å²) >= 11 is 0. The van der Waals surface area contributed by atoms with Gasteiger partial charge in [0.25, 0.3) is 5.89 Å². The Morgan fingerprint density at radius 2 is 1.78 bits per heavy atom. The van der Waals surface area contributed by atoms with E-state index < -0.39 is 5.97 Å². The van der Waals surface area contributed by atoms with E-state index in [4.69, 9.17) is 19.7 Å². The van der Waals surface area contributed by atoms with Crippen LogP contribution in [0.4, 0.5) is 0 Å². The Hall–Kier alpha value is -3.04. The molecule has 0 amide bonds. The lowest BCUT2D eigenvalue weighted by Crippen LogP contribution is -2.48. The average molecular weight is 507 g/mol. The molecule has 0 unspecified atom stereocenters. The molecule has 1 aromatic carbocycles. The number of benzene rings is 1. The van der Waals surface area contributed by atoms with E-state index >= 15 is 0 Å². The van der Waals surface area contributed by atoms with Crippen LogP contribution in [-0.4, -0.2) is 80.1 Å². The zero-order valence-electron chi connectivity index (χ0n) is 22.7. The molecular weight excluding hydrogens is 468 g/mol. The summed E-state index contributed by atoms with van der Waals surface area (Å²) < 4.78 is 7.70. The molecule has 5 rings (SSSR count). The molecule has 0 bridgehead atoms. The second-order valence-electron chi connectivity index (χ2n) is 11.5. The van der Waals surface area contributed by atoms with E-state index in [0.29, 0.717) is 11.7 Å². The van der Waals surface area contributed by atoms with Gasteiger partial charge in [0.1, 0.15) is 0 Å². The third-order valence-corrected chi connectivity index (χ3v) is 8.06. The summed E-state index contributed by atoms with van der Waals surface area (Å²) in [7, 11) is 2.00. The van der Waals surface area contributed by atoms with E-state index in [1.807, 2.05) is 16.6 Å². The van der Waals surface area contributed by atoms with E-state index in [0.717, 1.165) is 69.7 Å². The second kappa shape index (κ2) is 10.0. The first-order valence-electron chi connectivity index (χ1n) is 13.3. The Balaban J connectivity index is 1.28. The van der Waals surface area contributed by atoms with Crippen molar-refractivity contribution < 1.29 is 14.4 Å². The SMILES string of the molecule is Cc1cc(-c2noc(-c3nn(C)c4c3CCC(C)(C)C4)n2)cc(C)c1CCN1CCN(CC(=O)O)CC1. The highest BCUT2D eigenvalue weighted by atomic mass is 16.5. The third-order valence-electron chi connectivity index (χ3n) is 8.06. The van der Waals surface area contributed by atoms with Gasteiger partial charge in [0.05, 0.1) is 6.54 Å². The molecule has 198 valence electrons. The van der Waals surface area contributed by atoms with Crippen LogP contribution in [0.1, 0.15) is 48.2 Å². The molecule has 9 nitrogen and oxygen atoms in total. The van der Waals surface area contributed by atoms with Gasteiger partial charge < -0.3 is 14.5 Å². The summed E-state index contributed by atoms with van der Waals surface area (Å²) in [6.07, 6.45) is 4.07. The van der Waals surface area contributed by atoms with Gasteiger partial charge in [0.15, 0.2) is 5.69 Å². The van der Waals surface area contributed by atoms with Crippen LogP contribution in [-0.2, 0) is 31.1 Å². The fourth-order valence-electron chi connectivity index (χ4n) is 5.85. The van der Waals surface area contributed by atoms with Gasteiger partial charge in [-0.05, 0) is 73.8 Å². The topological polar surface area (TPSA) is 101 Å². The third kappa shape index (κ3) is 5.48. The molecule has 0 radical (unpaired) electrons.